The van der Waals surface area contributed by atoms with Crippen molar-refractivity contribution in [1.29, 1.82) is 0 Å². The van der Waals surface area contributed by atoms with E-state index in [0.29, 0.717) is 12.3 Å². The molecule has 1 heterocycles. The Morgan fingerprint density at radius 1 is 1.10 bits per heavy atom. The Morgan fingerprint density at radius 3 is 2.32 bits per heavy atom. The zero-order valence-corrected chi connectivity index (χ0v) is 19.3. The molecule has 6 nitrogen and oxygen atoms in total. The number of sulfonamides is 1. The first kappa shape index (κ1) is 21.6. The van der Waals surface area contributed by atoms with E-state index in [1.54, 1.807) is 41.9 Å². The van der Waals surface area contributed by atoms with Crippen molar-refractivity contribution in [3.8, 4) is 5.75 Å². The van der Waals surface area contributed by atoms with Crippen LogP contribution in [0, 0.1) is 20.8 Å². The van der Waals surface area contributed by atoms with Crippen molar-refractivity contribution in [2.75, 3.05) is 7.11 Å². The average Bonchev–Trinajstić information content (AvgIpc) is 3.47. The fraction of sp³-hybridized carbons (Fsp3) is 0.375. The monoisotopic (exact) mass is 439 g/mol. The van der Waals surface area contributed by atoms with Gasteiger partial charge < -0.3 is 9.30 Å². The number of benzene rings is 2. The Morgan fingerprint density at radius 2 is 1.74 bits per heavy atom. The molecule has 0 aliphatic heterocycles. The molecule has 1 aliphatic rings. The normalized spacial score (nSPS) is 14.2. The number of imidazole rings is 1. The number of rotatable bonds is 8. The lowest BCUT2D eigenvalue weighted by Gasteiger charge is -2.22. The first-order chi connectivity index (χ1) is 14.8. The lowest BCUT2D eigenvalue weighted by molar-refractivity contribution is 0.383. The van der Waals surface area contributed by atoms with Gasteiger partial charge in [0, 0.05) is 25.0 Å². The van der Waals surface area contributed by atoms with Gasteiger partial charge in [-0.15, -0.1) is 0 Å². The van der Waals surface area contributed by atoms with Crippen molar-refractivity contribution >= 4 is 10.0 Å². The van der Waals surface area contributed by atoms with Crippen molar-refractivity contribution in [1.82, 2.24) is 13.9 Å². The van der Waals surface area contributed by atoms with Crippen LogP contribution in [0.3, 0.4) is 0 Å². The Balaban J connectivity index is 1.61. The van der Waals surface area contributed by atoms with Crippen molar-refractivity contribution < 1.29 is 13.2 Å². The molecule has 0 atom stereocenters. The third kappa shape index (κ3) is 4.52. The number of methoxy groups -OCH3 is 1. The van der Waals surface area contributed by atoms with Crippen molar-refractivity contribution in [3.05, 3.63) is 76.9 Å². The smallest absolute Gasteiger partial charge is 0.243 e. The van der Waals surface area contributed by atoms with Crippen LogP contribution in [0.15, 0.2) is 53.7 Å². The molecule has 0 amide bonds. The molecule has 1 aromatic heterocycles. The van der Waals surface area contributed by atoms with E-state index in [-0.39, 0.29) is 17.5 Å². The third-order valence-electron chi connectivity index (χ3n) is 5.89. The maximum atomic E-state index is 13.4. The third-order valence-corrected chi connectivity index (χ3v) is 7.80. The van der Waals surface area contributed by atoms with E-state index in [9.17, 15) is 8.42 Å². The molecule has 164 valence electrons. The highest BCUT2D eigenvalue weighted by Crippen LogP contribution is 2.34. The fourth-order valence-electron chi connectivity index (χ4n) is 4.06. The SMILES string of the molecule is COc1ccc(S(=O)(=O)N(Cc2nccn2Cc2c(C)cc(C)cc2C)C2CC2)cc1. The molecular formula is C24H29N3O3S. The summed E-state index contributed by atoms with van der Waals surface area (Å²) in [6.07, 6.45) is 5.44. The summed E-state index contributed by atoms with van der Waals surface area (Å²) in [5, 5.41) is 0. The van der Waals surface area contributed by atoms with Crippen LogP contribution >= 0.6 is 0 Å². The molecule has 7 heteroatoms. The van der Waals surface area contributed by atoms with Crippen molar-refractivity contribution in [2.24, 2.45) is 0 Å². The van der Waals surface area contributed by atoms with Gasteiger partial charge in [-0.1, -0.05) is 17.7 Å². The molecule has 0 N–H and O–H groups in total. The molecule has 0 unspecified atom stereocenters. The molecule has 1 fully saturated rings. The van der Waals surface area contributed by atoms with Gasteiger partial charge in [0.05, 0.1) is 18.6 Å². The summed E-state index contributed by atoms with van der Waals surface area (Å²) in [6.45, 7) is 7.28. The zero-order chi connectivity index (χ0) is 22.2. The van der Waals surface area contributed by atoms with E-state index in [2.05, 4.69) is 42.5 Å². The van der Waals surface area contributed by atoms with Gasteiger partial charge in [-0.05, 0) is 74.6 Å². The van der Waals surface area contributed by atoms with Gasteiger partial charge in [-0.25, -0.2) is 13.4 Å². The molecule has 0 radical (unpaired) electrons. The van der Waals surface area contributed by atoms with Crippen molar-refractivity contribution in [2.45, 2.75) is 57.6 Å². The Bertz CT molecular complexity index is 1160. The Kier molecular flexibility index (Phi) is 5.90. The van der Waals surface area contributed by atoms with E-state index in [1.807, 2.05) is 6.20 Å². The number of hydrogen-bond donors (Lipinski definition) is 0. The Hall–Kier alpha value is -2.64. The molecule has 2 aromatic carbocycles. The topological polar surface area (TPSA) is 64.4 Å². The van der Waals surface area contributed by atoms with Crippen molar-refractivity contribution in [3.63, 3.8) is 0 Å². The van der Waals surface area contributed by atoms with E-state index in [0.717, 1.165) is 18.7 Å². The van der Waals surface area contributed by atoms with Gasteiger partial charge in [0.25, 0.3) is 0 Å². The lowest BCUT2D eigenvalue weighted by Crippen LogP contribution is -2.33. The second kappa shape index (κ2) is 8.48. The second-order valence-electron chi connectivity index (χ2n) is 8.31. The number of aromatic nitrogens is 2. The van der Waals surface area contributed by atoms with Crippen LogP contribution in [0.5, 0.6) is 5.75 Å². The molecule has 3 aromatic rings. The first-order valence-corrected chi connectivity index (χ1v) is 12.0. The molecular weight excluding hydrogens is 410 g/mol. The minimum Gasteiger partial charge on any atom is -0.497 e. The number of hydrogen-bond acceptors (Lipinski definition) is 4. The van der Waals surface area contributed by atoms with Gasteiger partial charge in [0.15, 0.2) is 0 Å². The summed E-state index contributed by atoms with van der Waals surface area (Å²) in [6, 6.07) is 11.0. The minimum atomic E-state index is -3.63. The highest BCUT2D eigenvalue weighted by atomic mass is 32.2. The minimum absolute atomic E-state index is 0.0279. The second-order valence-corrected chi connectivity index (χ2v) is 10.2. The van der Waals surface area contributed by atoms with Crippen LogP contribution in [0.25, 0.3) is 0 Å². The van der Waals surface area contributed by atoms with E-state index in [4.69, 9.17) is 4.74 Å². The van der Waals surface area contributed by atoms with Gasteiger partial charge in [-0.3, -0.25) is 0 Å². The largest absolute Gasteiger partial charge is 0.497 e. The van der Waals surface area contributed by atoms with Gasteiger partial charge >= 0.3 is 0 Å². The maximum Gasteiger partial charge on any atom is 0.243 e. The quantitative estimate of drug-likeness (QED) is 0.527. The van der Waals surface area contributed by atoms with E-state index < -0.39 is 10.0 Å². The van der Waals surface area contributed by atoms with Crippen LogP contribution in [-0.4, -0.2) is 35.4 Å². The molecule has 31 heavy (non-hydrogen) atoms. The van der Waals surface area contributed by atoms with E-state index in [1.165, 1.54) is 22.3 Å². The van der Waals surface area contributed by atoms with Crippen LogP contribution in [0.2, 0.25) is 0 Å². The summed E-state index contributed by atoms with van der Waals surface area (Å²) in [5.74, 6) is 1.39. The standard InChI is InChI=1S/C24H29N3O3S/c1-17-13-18(2)23(19(3)14-17)15-26-12-11-25-24(26)16-27(20-5-6-20)31(28,29)22-9-7-21(30-4)8-10-22/h7-14,20H,5-6,15-16H2,1-4H3. The summed E-state index contributed by atoms with van der Waals surface area (Å²) in [5.41, 5.74) is 4.97. The van der Waals surface area contributed by atoms with Crippen LogP contribution < -0.4 is 4.74 Å². The van der Waals surface area contributed by atoms with Gasteiger partial charge in [0.2, 0.25) is 10.0 Å². The molecule has 1 aliphatic carbocycles. The van der Waals surface area contributed by atoms with E-state index >= 15 is 0 Å². The lowest BCUT2D eigenvalue weighted by atomic mass is 10.00. The van der Waals surface area contributed by atoms with Crippen LogP contribution in [-0.2, 0) is 23.1 Å². The average molecular weight is 440 g/mol. The predicted octanol–water partition coefficient (Wildman–Crippen LogP) is 4.22. The number of ether oxygens (including phenoxy) is 1. The molecule has 4 rings (SSSR count). The molecule has 0 bridgehead atoms. The summed E-state index contributed by atoms with van der Waals surface area (Å²) >= 11 is 0. The zero-order valence-electron chi connectivity index (χ0n) is 18.5. The molecule has 0 spiro atoms. The van der Waals surface area contributed by atoms with Crippen LogP contribution in [0.1, 0.15) is 40.9 Å². The molecule has 1 saturated carbocycles. The molecule has 0 saturated heterocycles. The van der Waals surface area contributed by atoms with Crippen LogP contribution in [0.4, 0.5) is 0 Å². The predicted molar refractivity (Wildman–Crippen MR) is 121 cm³/mol. The highest BCUT2D eigenvalue weighted by Gasteiger charge is 2.38. The maximum absolute atomic E-state index is 13.4. The number of nitrogens with zero attached hydrogens (tertiary/aromatic N) is 3. The summed E-state index contributed by atoms with van der Waals surface area (Å²) in [7, 11) is -2.06. The first-order valence-electron chi connectivity index (χ1n) is 10.5. The fourth-order valence-corrected chi connectivity index (χ4v) is 5.70. The summed E-state index contributed by atoms with van der Waals surface area (Å²) < 4.78 is 35.6. The highest BCUT2D eigenvalue weighted by molar-refractivity contribution is 7.89. The number of aryl methyl sites for hydroxylation is 3. The Labute approximate surface area is 184 Å². The van der Waals surface area contributed by atoms with Gasteiger partial charge in [-0.2, -0.15) is 4.31 Å². The van der Waals surface area contributed by atoms with Gasteiger partial charge in [0.1, 0.15) is 11.6 Å². The summed E-state index contributed by atoms with van der Waals surface area (Å²) in [4.78, 5) is 4.79.